The van der Waals surface area contributed by atoms with Gasteiger partial charge in [-0.25, -0.2) is 0 Å². The molecule has 0 atom stereocenters. The highest BCUT2D eigenvalue weighted by Crippen LogP contribution is 2.37. The molecule has 3 aromatic carbocycles. The first-order valence-corrected chi connectivity index (χ1v) is 10.3. The van der Waals surface area contributed by atoms with E-state index >= 15 is 0 Å². The summed E-state index contributed by atoms with van der Waals surface area (Å²) in [4.78, 5) is 3.65. The second-order valence-corrected chi connectivity index (χ2v) is 8.68. The second-order valence-electron chi connectivity index (χ2n) is 8.68. The van der Waals surface area contributed by atoms with Gasteiger partial charge in [0.15, 0.2) is 0 Å². The zero-order valence-electron chi connectivity index (χ0n) is 17.9. The summed E-state index contributed by atoms with van der Waals surface area (Å²) in [5.41, 5.74) is 4.82. The lowest BCUT2D eigenvalue weighted by atomic mass is 9.81. The molecule has 1 radical (unpaired) electrons. The summed E-state index contributed by atoms with van der Waals surface area (Å²) in [6, 6.07) is 27.0. The maximum absolute atomic E-state index is 10.4. The zero-order chi connectivity index (χ0) is 21.4. The third-order valence-corrected chi connectivity index (χ3v) is 5.94. The van der Waals surface area contributed by atoms with Crippen molar-refractivity contribution >= 4 is 23.8 Å². The fourth-order valence-corrected chi connectivity index (χ4v) is 3.42. The molecule has 0 saturated carbocycles. The van der Waals surface area contributed by atoms with Gasteiger partial charge in [0.1, 0.15) is 0 Å². The Labute approximate surface area is 179 Å². The van der Waals surface area contributed by atoms with Crippen molar-refractivity contribution in [2.24, 2.45) is 0 Å². The van der Waals surface area contributed by atoms with E-state index < -0.39 is 11.2 Å². The normalized spacial score (nSPS) is 12.3. The van der Waals surface area contributed by atoms with Crippen molar-refractivity contribution in [2.75, 3.05) is 0 Å². The zero-order valence-corrected chi connectivity index (χ0v) is 17.9. The highest BCUT2D eigenvalue weighted by atomic mass is 16.5. The van der Waals surface area contributed by atoms with Crippen molar-refractivity contribution in [2.45, 2.75) is 38.9 Å². The number of hydrogen-bond donors (Lipinski definition) is 2. The minimum absolute atomic E-state index is 0.730. The van der Waals surface area contributed by atoms with Gasteiger partial charge in [-0.15, -0.1) is 0 Å². The number of nitrogens with one attached hydrogen (secondary N) is 1. The molecule has 2 N–H and O–H groups in total. The largest absolute Gasteiger partial charge is 0.427 e. The monoisotopic (exact) mass is 396 g/mol. The number of benzene rings is 3. The molecule has 0 bridgehead atoms. The second kappa shape index (κ2) is 7.79. The van der Waals surface area contributed by atoms with Gasteiger partial charge in [-0.1, -0.05) is 78.9 Å². The summed E-state index contributed by atoms with van der Waals surface area (Å²) in [7, 11) is 1.75. The molecule has 1 aromatic heterocycles. The molecule has 0 aliphatic carbocycles. The first-order valence-electron chi connectivity index (χ1n) is 10.3. The molecule has 30 heavy (non-hydrogen) atoms. The van der Waals surface area contributed by atoms with Crippen LogP contribution in [0.25, 0.3) is 33.3 Å². The molecule has 0 unspecified atom stereocenters. The van der Waals surface area contributed by atoms with Crippen molar-refractivity contribution < 1.29 is 9.76 Å². The van der Waals surface area contributed by atoms with Crippen molar-refractivity contribution in [3.05, 3.63) is 78.9 Å². The van der Waals surface area contributed by atoms with E-state index in [4.69, 9.17) is 4.65 Å². The SMILES string of the molecule is CC(C)(O)C(C)(C)O[B]c1cccc2c(-c3ccccc3)c(-c3ccccc3)[nH]c12. The van der Waals surface area contributed by atoms with Crippen LogP contribution in [0.3, 0.4) is 0 Å². The van der Waals surface area contributed by atoms with Gasteiger partial charge in [-0.3, -0.25) is 0 Å². The van der Waals surface area contributed by atoms with Gasteiger partial charge in [0.25, 0.3) is 0 Å². The molecule has 0 amide bonds. The molecule has 0 aliphatic rings. The molecule has 151 valence electrons. The molecule has 0 fully saturated rings. The van der Waals surface area contributed by atoms with Gasteiger partial charge in [-0.05, 0) is 44.3 Å². The summed E-state index contributed by atoms with van der Waals surface area (Å²) in [6.07, 6.45) is 0. The van der Waals surface area contributed by atoms with Gasteiger partial charge in [-0.2, -0.15) is 0 Å². The molecular formula is C26H27BNO2. The fraction of sp³-hybridized carbons (Fsp3) is 0.231. The average Bonchev–Trinajstić information content (AvgIpc) is 3.13. The molecule has 0 aliphatic heterocycles. The molecule has 4 aromatic rings. The maximum Gasteiger partial charge on any atom is 0.333 e. The van der Waals surface area contributed by atoms with E-state index in [1.807, 2.05) is 38.1 Å². The summed E-state index contributed by atoms with van der Waals surface area (Å²) in [5.74, 6) is 0. The van der Waals surface area contributed by atoms with Gasteiger partial charge >= 0.3 is 7.48 Å². The van der Waals surface area contributed by atoms with E-state index in [-0.39, 0.29) is 0 Å². The number of rotatable bonds is 6. The van der Waals surface area contributed by atoms with E-state index in [1.165, 1.54) is 5.56 Å². The third-order valence-electron chi connectivity index (χ3n) is 5.94. The summed E-state index contributed by atoms with van der Waals surface area (Å²) in [6.45, 7) is 7.31. The van der Waals surface area contributed by atoms with Crippen LogP contribution in [0.5, 0.6) is 0 Å². The molecule has 1 heterocycles. The van der Waals surface area contributed by atoms with Crippen LogP contribution in [-0.2, 0) is 4.65 Å². The smallest absolute Gasteiger partial charge is 0.333 e. The van der Waals surface area contributed by atoms with Crippen LogP contribution in [-0.4, -0.2) is 28.8 Å². The van der Waals surface area contributed by atoms with Gasteiger partial charge in [0.2, 0.25) is 0 Å². The highest BCUT2D eigenvalue weighted by Gasteiger charge is 2.36. The fourth-order valence-electron chi connectivity index (χ4n) is 3.42. The van der Waals surface area contributed by atoms with Crippen molar-refractivity contribution in [3.63, 3.8) is 0 Å². The molecule has 0 spiro atoms. The Bertz CT molecular complexity index is 1140. The van der Waals surface area contributed by atoms with E-state index in [0.29, 0.717) is 0 Å². The predicted molar refractivity (Wildman–Crippen MR) is 126 cm³/mol. The van der Waals surface area contributed by atoms with Gasteiger partial charge in [0.05, 0.1) is 16.9 Å². The maximum atomic E-state index is 10.4. The standard InChI is InChI=1S/C26H27BNO2/c1-25(2,29)26(3,4)30-27-21-17-11-16-20-22(18-12-7-5-8-13-18)23(28-24(20)21)19-14-9-6-10-15-19/h5-17,28-29H,1-4H3. The molecule has 4 heteroatoms. The Kier molecular flexibility index (Phi) is 5.31. The lowest BCUT2D eigenvalue weighted by molar-refractivity contribution is -0.0893. The minimum atomic E-state index is -0.975. The van der Waals surface area contributed by atoms with E-state index in [1.54, 1.807) is 21.3 Å². The topological polar surface area (TPSA) is 45.2 Å². The van der Waals surface area contributed by atoms with E-state index in [2.05, 4.69) is 59.6 Å². The lowest BCUT2D eigenvalue weighted by Gasteiger charge is -2.37. The van der Waals surface area contributed by atoms with Crippen molar-refractivity contribution in [1.29, 1.82) is 0 Å². The number of aliphatic hydroxyl groups is 1. The summed E-state index contributed by atoms with van der Waals surface area (Å²) < 4.78 is 6.05. The Morgan fingerprint density at radius 3 is 1.97 bits per heavy atom. The first kappa shape index (κ1) is 20.5. The predicted octanol–water partition coefficient (Wildman–Crippen LogP) is 5.31. The summed E-state index contributed by atoms with van der Waals surface area (Å²) >= 11 is 0. The minimum Gasteiger partial charge on any atom is -0.427 e. The molecule has 3 nitrogen and oxygen atoms in total. The number of fused-ring (bicyclic) bond motifs is 1. The molecule has 4 rings (SSSR count). The van der Waals surface area contributed by atoms with E-state index in [0.717, 1.165) is 33.2 Å². The number of aromatic nitrogens is 1. The molecular weight excluding hydrogens is 369 g/mol. The Morgan fingerprint density at radius 2 is 1.37 bits per heavy atom. The quantitative estimate of drug-likeness (QED) is 0.434. The van der Waals surface area contributed by atoms with Crippen LogP contribution in [0, 0.1) is 0 Å². The third kappa shape index (κ3) is 3.81. The van der Waals surface area contributed by atoms with Crippen LogP contribution >= 0.6 is 0 Å². The van der Waals surface area contributed by atoms with Crippen molar-refractivity contribution in [1.82, 2.24) is 4.98 Å². The van der Waals surface area contributed by atoms with Crippen LogP contribution < -0.4 is 5.46 Å². The van der Waals surface area contributed by atoms with Gasteiger partial charge < -0.3 is 14.7 Å². The lowest BCUT2D eigenvalue weighted by Crippen LogP contribution is -2.49. The summed E-state index contributed by atoms with van der Waals surface area (Å²) in [5, 5.41) is 11.6. The Morgan fingerprint density at radius 1 is 0.767 bits per heavy atom. The number of H-pyrrole nitrogens is 1. The highest BCUT2D eigenvalue weighted by molar-refractivity contribution is 6.51. The average molecular weight is 396 g/mol. The Hall–Kier alpha value is -2.82. The van der Waals surface area contributed by atoms with Gasteiger partial charge in [0, 0.05) is 16.5 Å². The van der Waals surface area contributed by atoms with Crippen LogP contribution in [0.2, 0.25) is 0 Å². The molecule has 0 saturated heterocycles. The number of hydrogen-bond acceptors (Lipinski definition) is 2. The van der Waals surface area contributed by atoms with E-state index in [9.17, 15) is 5.11 Å². The first-order chi connectivity index (χ1) is 14.3. The van der Waals surface area contributed by atoms with Crippen LogP contribution in [0.1, 0.15) is 27.7 Å². The van der Waals surface area contributed by atoms with Crippen molar-refractivity contribution in [3.8, 4) is 22.4 Å². The number of para-hydroxylation sites is 1. The van der Waals surface area contributed by atoms with Crippen LogP contribution in [0.15, 0.2) is 78.9 Å². The number of aromatic amines is 1. The Balaban J connectivity index is 1.85. The van der Waals surface area contributed by atoms with Crippen LogP contribution in [0.4, 0.5) is 0 Å².